The van der Waals surface area contributed by atoms with Crippen LogP contribution in [0.2, 0.25) is 0 Å². The van der Waals surface area contributed by atoms with E-state index >= 15 is 0 Å². The number of likely N-dealkylation sites (tertiary alicyclic amines) is 2. The molecule has 0 spiro atoms. The fourth-order valence-electron chi connectivity index (χ4n) is 5.15. The van der Waals surface area contributed by atoms with E-state index in [9.17, 15) is 9.59 Å². The predicted molar refractivity (Wildman–Crippen MR) is 124 cm³/mol. The Kier molecular flexibility index (Phi) is 7.48. The molecule has 3 heterocycles. The van der Waals surface area contributed by atoms with Gasteiger partial charge in [0.2, 0.25) is 0 Å². The maximum Gasteiger partial charge on any atom is 0.338 e. The van der Waals surface area contributed by atoms with Crippen LogP contribution in [0.3, 0.4) is 0 Å². The maximum absolute atomic E-state index is 13.0. The molecule has 3 aliphatic rings. The van der Waals surface area contributed by atoms with Crippen molar-refractivity contribution in [1.29, 1.82) is 0 Å². The number of urea groups is 1. The molecule has 4 rings (SSSR count). The number of carbonyl (C=O) groups excluding carboxylic acids is 2. The molecule has 7 heteroatoms. The van der Waals surface area contributed by atoms with Crippen molar-refractivity contribution in [2.75, 3.05) is 39.3 Å². The second kappa shape index (κ2) is 10.5. The molecule has 3 aliphatic heterocycles. The van der Waals surface area contributed by atoms with E-state index < -0.39 is 6.04 Å². The first-order valence-corrected chi connectivity index (χ1v) is 12.1. The number of hydrogen-bond donors (Lipinski definition) is 2. The van der Waals surface area contributed by atoms with Crippen LogP contribution in [0, 0.1) is 6.92 Å². The largest absolute Gasteiger partial charge is 0.463 e. The summed E-state index contributed by atoms with van der Waals surface area (Å²) in [6, 6.07) is 7.80. The molecule has 1 atom stereocenters. The molecular formula is C25H36N4O3. The van der Waals surface area contributed by atoms with Crippen LogP contribution in [-0.2, 0) is 9.53 Å². The van der Waals surface area contributed by atoms with E-state index in [0.29, 0.717) is 30.5 Å². The summed E-state index contributed by atoms with van der Waals surface area (Å²) in [5.41, 5.74) is 3.19. The van der Waals surface area contributed by atoms with Gasteiger partial charge in [0.25, 0.3) is 0 Å². The highest BCUT2D eigenvalue weighted by Gasteiger charge is 2.35. The van der Waals surface area contributed by atoms with Gasteiger partial charge in [0.05, 0.1) is 18.2 Å². The van der Waals surface area contributed by atoms with Gasteiger partial charge in [0, 0.05) is 31.4 Å². The molecule has 174 valence electrons. The second-order valence-corrected chi connectivity index (χ2v) is 9.16. The third kappa shape index (κ3) is 5.33. The van der Waals surface area contributed by atoms with E-state index in [0.717, 1.165) is 37.1 Å². The number of carbonyl (C=O) groups is 2. The predicted octanol–water partition coefficient (Wildman–Crippen LogP) is 3.12. The van der Waals surface area contributed by atoms with Crippen LogP contribution in [0.15, 0.2) is 35.5 Å². The summed E-state index contributed by atoms with van der Waals surface area (Å²) in [5.74, 6) is -0.372. The standard InChI is InChI=1S/C25H36N4O3/c1-3-32-24(30)22-21(26-25(31)27-23(22)19-9-7-18(2)8-10-19)17-28-15-11-20(12-16-28)29-13-5-4-6-14-29/h7-10,20,23H,3-6,11-17H2,1-2H3,(H2,26,27,31)/t23-/m1/s1. The van der Waals surface area contributed by atoms with Gasteiger partial charge in [-0.25, -0.2) is 9.59 Å². The number of nitrogens with one attached hydrogen (secondary N) is 2. The number of aryl methyl sites for hydroxylation is 1. The number of rotatable bonds is 6. The Hall–Kier alpha value is -2.38. The summed E-state index contributed by atoms with van der Waals surface area (Å²) < 4.78 is 5.39. The van der Waals surface area contributed by atoms with Gasteiger partial charge in [-0.1, -0.05) is 36.2 Å². The lowest BCUT2D eigenvalue weighted by Gasteiger charge is -2.41. The summed E-state index contributed by atoms with van der Waals surface area (Å²) in [4.78, 5) is 30.5. The van der Waals surface area contributed by atoms with Crippen molar-refractivity contribution >= 4 is 12.0 Å². The van der Waals surface area contributed by atoms with Gasteiger partial charge < -0.3 is 20.3 Å². The SMILES string of the molecule is CCOC(=O)C1=C(CN2CCC(N3CCCCC3)CC2)NC(=O)N[C@@H]1c1ccc(C)cc1. The van der Waals surface area contributed by atoms with Crippen molar-refractivity contribution < 1.29 is 14.3 Å². The zero-order valence-corrected chi connectivity index (χ0v) is 19.4. The smallest absolute Gasteiger partial charge is 0.338 e. The Morgan fingerprint density at radius 3 is 2.41 bits per heavy atom. The van der Waals surface area contributed by atoms with Crippen LogP contribution in [0.4, 0.5) is 4.79 Å². The summed E-state index contributed by atoms with van der Waals surface area (Å²) in [6.07, 6.45) is 6.26. The van der Waals surface area contributed by atoms with Crippen molar-refractivity contribution in [2.45, 2.75) is 58.0 Å². The molecule has 2 N–H and O–H groups in total. The highest BCUT2D eigenvalue weighted by molar-refractivity contribution is 5.95. The molecule has 2 saturated heterocycles. The molecule has 0 aliphatic carbocycles. The van der Waals surface area contributed by atoms with Gasteiger partial charge >= 0.3 is 12.0 Å². The third-order valence-corrected chi connectivity index (χ3v) is 6.91. The zero-order valence-electron chi connectivity index (χ0n) is 19.4. The van der Waals surface area contributed by atoms with E-state index in [1.165, 1.54) is 32.4 Å². The Labute approximate surface area is 191 Å². The minimum absolute atomic E-state index is 0.276. The van der Waals surface area contributed by atoms with Gasteiger partial charge in [-0.05, 0) is 58.2 Å². The van der Waals surface area contributed by atoms with Gasteiger partial charge in [0.1, 0.15) is 0 Å². The summed E-state index contributed by atoms with van der Waals surface area (Å²) in [5, 5.41) is 5.84. The monoisotopic (exact) mass is 440 g/mol. The third-order valence-electron chi connectivity index (χ3n) is 6.91. The number of piperidine rings is 2. The quantitative estimate of drug-likeness (QED) is 0.665. The first-order chi connectivity index (χ1) is 15.5. The van der Waals surface area contributed by atoms with E-state index in [-0.39, 0.29) is 12.0 Å². The molecule has 0 unspecified atom stereocenters. The number of amides is 2. The fraction of sp³-hybridized carbons (Fsp3) is 0.600. The number of ether oxygens (including phenoxy) is 1. The van der Waals surface area contributed by atoms with Crippen molar-refractivity contribution in [3.05, 3.63) is 46.7 Å². The van der Waals surface area contributed by atoms with Crippen LogP contribution in [-0.4, -0.2) is 67.2 Å². The Morgan fingerprint density at radius 2 is 1.75 bits per heavy atom. The number of esters is 1. The molecular weight excluding hydrogens is 404 g/mol. The van der Waals surface area contributed by atoms with E-state index in [4.69, 9.17) is 4.74 Å². The molecule has 0 aromatic heterocycles. The van der Waals surface area contributed by atoms with Crippen LogP contribution in [0.5, 0.6) is 0 Å². The van der Waals surface area contributed by atoms with Crippen molar-refractivity contribution in [1.82, 2.24) is 20.4 Å². The molecule has 0 bridgehead atoms. The molecule has 32 heavy (non-hydrogen) atoms. The Balaban J connectivity index is 1.52. The molecule has 2 amide bonds. The van der Waals surface area contributed by atoms with E-state index in [1.807, 2.05) is 31.2 Å². The van der Waals surface area contributed by atoms with Crippen molar-refractivity contribution in [3.63, 3.8) is 0 Å². The first kappa shape index (κ1) is 22.8. The van der Waals surface area contributed by atoms with Gasteiger partial charge in [0.15, 0.2) is 0 Å². The summed E-state index contributed by atoms with van der Waals surface area (Å²) in [7, 11) is 0. The molecule has 2 fully saturated rings. The Morgan fingerprint density at radius 1 is 1.06 bits per heavy atom. The first-order valence-electron chi connectivity index (χ1n) is 12.1. The van der Waals surface area contributed by atoms with Crippen LogP contribution >= 0.6 is 0 Å². The van der Waals surface area contributed by atoms with Gasteiger partial charge in [-0.15, -0.1) is 0 Å². The lowest BCUT2D eigenvalue weighted by Crippen LogP contribution is -2.51. The Bertz CT molecular complexity index is 837. The number of hydrogen-bond acceptors (Lipinski definition) is 5. The molecule has 1 aromatic rings. The average molecular weight is 441 g/mol. The highest BCUT2D eigenvalue weighted by atomic mass is 16.5. The van der Waals surface area contributed by atoms with E-state index in [1.54, 1.807) is 6.92 Å². The lowest BCUT2D eigenvalue weighted by molar-refractivity contribution is -0.139. The van der Waals surface area contributed by atoms with Crippen molar-refractivity contribution in [2.24, 2.45) is 0 Å². The lowest BCUT2D eigenvalue weighted by atomic mass is 9.94. The van der Waals surface area contributed by atoms with Gasteiger partial charge in [-0.3, -0.25) is 4.90 Å². The molecule has 0 radical (unpaired) electrons. The van der Waals surface area contributed by atoms with Crippen LogP contribution in [0.25, 0.3) is 0 Å². The van der Waals surface area contributed by atoms with Gasteiger partial charge in [-0.2, -0.15) is 0 Å². The average Bonchev–Trinajstić information content (AvgIpc) is 2.80. The zero-order chi connectivity index (χ0) is 22.5. The summed E-state index contributed by atoms with van der Waals surface area (Å²) in [6.45, 7) is 9.07. The number of benzene rings is 1. The minimum atomic E-state index is -0.510. The fourth-order valence-corrected chi connectivity index (χ4v) is 5.15. The minimum Gasteiger partial charge on any atom is -0.463 e. The number of nitrogens with zero attached hydrogens (tertiary/aromatic N) is 2. The molecule has 7 nitrogen and oxygen atoms in total. The van der Waals surface area contributed by atoms with E-state index in [2.05, 4.69) is 20.4 Å². The normalized spacial score (nSPS) is 23.6. The summed E-state index contributed by atoms with van der Waals surface area (Å²) >= 11 is 0. The van der Waals surface area contributed by atoms with Crippen molar-refractivity contribution in [3.8, 4) is 0 Å². The topological polar surface area (TPSA) is 73.9 Å². The highest BCUT2D eigenvalue weighted by Crippen LogP contribution is 2.29. The van der Waals surface area contributed by atoms with Crippen LogP contribution < -0.4 is 10.6 Å². The second-order valence-electron chi connectivity index (χ2n) is 9.16. The maximum atomic E-state index is 13.0. The molecule has 1 aromatic carbocycles. The van der Waals surface area contributed by atoms with Crippen LogP contribution in [0.1, 0.15) is 56.2 Å². The molecule has 0 saturated carbocycles.